The lowest BCUT2D eigenvalue weighted by Crippen LogP contribution is -2.30. The molecular formula is C12H17F3N2O3S. The summed E-state index contributed by atoms with van der Waals surface area (Å²) in [5, 5.41) is 0. The summed E-state index contributed by atoms with van der Waals surface area (Å²) in [6.45, 7) is -0.363. The number of ether oxygens (including phenoxy) is 1. The predicted molar refractivity (Wildman–Crippen MR) is 73.4 cm³/mol. The van der Waals surface area contributed by atoms with E-state index in [1.165, 1.54) is 0 Å². The highest BCUT2D eigenvalue weighted by Gasteiger charge is 2.26. The van der Waals surface area contributed by atoms with Gasteiger partial charge in [0.2, 0.25) is 10.0 Å². The largest absolute Gasteiger partial charge is 0.492 e. The molecule has 1 aromatic carbocycles. The van der Waals surface area contributed by atoms with Gasteiger partial charge in [-0.15, -0.1) is 0 Å². The maximum Gasteiger partial charge on any atom is 0.389 e. The average molecular weight is 326 g/mol. The van der Waals surface area contributed by atoms with Crippen LogP contribution in [0.5, 0.6) is 5.75 Å². The summed E-state index contributed by atoms with van der Waals surface area (Å²) in [5.74, 6) is 0.0932. The Morgan fingerprint density at radius 1 is 1.29 bits per heavy atom. The SMILES string of the molecule is Nc1cccc(OCCS(=O)(=O)NCCCC(F)(F)F)c1. The first kappa shape index (κ1) is 17.6. The summed E-state index contributed by atoms with van der Waals surface area (Å²) < 4.78 is 66.0. The zero-order valence-corrected chi connectivity index (χ0v) is 12.0. The number of anilines is 1. The van der Waals surface area contributed by atoms with Gasteiger partial charge in [0.1, 0.15) is 12.4 Å². The van der Waals surface area contributed by atoms with Gasteiger partial charge in [-0.3, -0.25) is 0 Å². The van der Waals surface area contributed by atoms with Crippen molar-refractivity contribution in [2.45, 2.75) is 19.0 Å². The normalized spacial score (nSPS) is 12.3. The molecule has 0 radical (unpaired) electrons. The second-order valence-corrected chi connectivity index (χ2v) is 6.28. The van der Waals surface area contributed by atoms with Crippen LogP contribution in [0.25, 0.3) is 0 Å². The molecular weight excluding hydrogens is 309 g/mol. The zero-order valence-electron chi connectivity index (χ0n) is 11.2. The van der Waals surface area contributed by atoms with Crippen LogP contribution in [0.3, 0.4) is 0 Å². The molecule has 0 aliphatic carbocycles. The number of sulfonamides is 1. The monoisotopic (exact) mass is 326 g/mol. The van der Waals surface area contributed by atoms with Gasteiger partial charge in [-0.2, -0.15) is 13.2 Å². The minimum absolute atomic E-state index is 0.113. The van der Waals surface area contributed by atoms with Gasteiger partial charge < -0.3 is 10.5 Å². The minimum Gasteiger partial charge on any atom is -0.492 e. The van der Waals surface area contributed by atoms with Crippen molar-refractivity contribution in [2.24, 2.45) is 0 Å². The number of halogens is 3. The highest BCUT2D eigenvalue weighted by atomic mass is 32.2. The fourth-order valence-electron chi connectivity index (χ4n) is 1.46. The van der Waals surface area contributed by atoms with Gasteiger partial charge in [0.05, 0.1) is 5.75 Å². The number of benzene rings is 1. The summed E-state index contributed by atoms with van der Waals surface area (Å²) in [6, 6.07) is 6.49. The molecule has 1 rings (SSSR count). The van der Waals surface area contributed by atoms with Crippen molar-refractivity contribution in [1.29, 1.82) is 0 Å². The molecule has 0 atom stereocenters. The van der Waals surface area contributed by atoms with Crippen LogP contribution in [0.15, 0.2) is 24.3 Å². The number of nitrogens with two attached hydrogens (primary N) is 1. The van der Waals surface area contributed by atoms with Crippen molar-refractivity contribution in [3.05, 3.63) is 24.3 Å². The smallest absolute Gasteiger partial charge is 0.389 e. The Hall–Kier alpha value is -1.48. The molecule has 0 amide bonds. The van der Waals surface area contributed by atoms with E-state index in [9.17, 15) is 21.6 Å². The number of alkyl halides is 3. The highest BCUT2D eigenvalue weighted by molar-refractivity contribution is 7.89. The molecule has 0 saturated heterocycles. The van der Waals surface area contributed by atoms with Crippen LogP contribution < -0.4 is 15.2 Å². The summed E-state index contributed by atoms with van der Waals surface area (Å²) in [6.07, 6.45) is -5.59. The summed E-state index contributed by atoms with van der Waals surface area (Å²) in [7, 11) is -3.65. The van der Waals surface area contributed by atoms with Crippen molar-refractivity contribution in [1.82, 2.24) is 4.72 Å². The lowest BCUT2D eigenvalue weighted by molar-refractivity contribution is -0.135. The molecule has 0 spiro atoms. The Balaban J connectivity index is 2.27. The molecule has 9 heteroatoms. The first-order valence-corrected chi connectivity index (χ1v) is 7.86. The van der Waals surface area contributed by atoms with Crippen molar-refractivity contribution in [2.75, 3.05) is 24.6 Å². The van der Waals surface area contributed by atoms with Crippen molar-refractivity contribution in [3.8, 4) is 5.75 Å². The predicted octanol–water partition coefficient (Wildman–Crippen LogP) is 1.91. The molecule has 3 N–H and O–H groups in total. The molecule has 0 fully saturated rings. The average Bonchev–Trinajstić information content (AvgIpc) is 2.33. The number of nitrogen functional groups attached to an aromatic ring is 1. The molecule has 0 unspecified atom stereocenters. The Labute approximate surface area is 121 Å². The third-order valence-corrected chi connectivity index (χ3v) is 3.79. The van der Waals surface area contributed by atoms with E-state index < -0.39 is 22.6 Å². The summed E-state index contributed by atoms with van der Waals surface area (Å²) in [5.41, 5.74) is 6.02. The lowest BCUT2D eigenvalue weighted by atomic mass is 10.3. The number of hydrogen-bond acceptors (Lipinski definition) is 4. The molecule has 21 heavy (non-hydrogen) atoms. The fraction of sp³-hybridized carbons (Fsp3) is 0.500. The summed E-state index contributed by atoms with van der Waals surface area (Å²) in [4.78, 5) is 0. The van der Waals surface area contributed by atoms with Gasteiger partial charge in [0.25, 0.3) is 0 Å². The maximum atomic E-state index is 11.9. The third kappa shape index (κ3) is 8.41. The van der Waals surface area contributed by atoms with Gasteiger partial charge in [0, 0.05) is 24.7 Å². The molecule has 0 aromatic heterocycles. The van der Waals surface area contributed by atoms with E-state index in [0.29, 0.717) is 11.4 Å². The molecule has 0 aliphatic heterocycles. The Morgan fingerprint density at radius 2 is 2.00 bits per heavy atom. The number of rotatable bonds is 8. The Kier molecular flexibility index (Phi) is 6.28. The Morgan fingerprint density at radius 3 is 2.62 bits per heavy atom. The van der Waals surface area contributed by atoms with Crippen LogP contribution in [0.1, 0.15) is 12.8 Å². The molecule has 1 aromatic rings. The molecule has 0 saturated carbocycles. The fourth-order valence-corrected chi connectivity index (χ4v) is 2.36. The molecule has 0 heterocycles. The van der Waals surface area contributed by atoms with Crippen molar-refractivity contribution < 1.29 is 26.3 Å². The second kappa shape index (κ2) is 7.51. The van der Waals surface area contributed by atoms with Crippen LogP contribution >= 0.6 is 0 Å². The third-order valence-electron chi connectivity index (χ3n) is 2.44. The minimum atomic E-state index is -4.28. The van der Waals surface area contributed by atoms with Gasteiger partial charge in [0.15, 0.2) is 0 Å². The van der Waals surface area contributed by atoms with E-state index in [0.717, 1.165) is 0 Å². The lowest BCUT2D eigenvalue weighted by Gasteiger charge is -2.09. The van der Waals surface area contributed by atoms with E-state index in [1.54, 1.807) is 24.3 Å². The molecule has 0 bridgehead atoms. The maximum absolute atomic E-state index is 11.9. The van der Waals surface area contributed by atoms with E-state index in [1.807, 2.05) is 0 Å². The molecule has 120 valence electrons. The van der Waals surface area contributed by atoms with Gasteiger partial charge in [-0.25, -0.2) is 13.1 Å². The van der Waals surface area contributed by atoms with Gasteiger partial charge >= 0.3 is 6.18 Å². The number of hydrogen-bond donors (Lipinski definition) is 2. The van der Waals surface area contributed by atoms with E-state index in [4.69, 9.17) is 10.5 Å². The van der Waals surface area contributed by atoms with Crippen LogP contribution in [-0.4, -0.2) is 33.5 Å². The van der Waals surface area contributed by atoms with Gasteiger partial charge in [-0.05, 0) is 18.6 Å². The van der Waals surface area contributed by atoms with E-state index >= 15 is 0 Å². The van der Waals surface area contributed by atoms with Crippen LogP contribution in [0, 0.1) is 0 Å². The molecule has 0 aliphatic rings. The van der Waals surface area contributed by atoms with E-state index in [-0.39, 0.29) is 25.3 Å². The molecule has 5 nitrogen and oxygen atoms in total. The zero-order chi connectivity index (χ0) is 15.9. The Bertz CT molecular complexity index is 547. The van der Waals surface area contributed by atoms with Crippen LogP contribution in [0.2, 0.25) is 0 Å². The quantitative estimate of drug-likeness (QED) is 0.565. The topological polar surface area (TPSA) is 81.4 Å². The first-order valence-electron chi connectivity index (χ1n) is 6.20. The van der Waals surface area contributed by atoms with Crippen LogP contribution in [0.4, 0.5) is 18.9 Å². The summed E-state index contributed by atoms with van der Waals surface area (Å²) >= 11 is 0. The van der Waals surface area contributed by atoms with Crippen molar-refractivity contribution in [3.63, 3.8) is 0 Å². The number of nitrogens with one attached hydrogen (secondary N) is 1. The van der Waals surface area contributed by atoms with Crippen molar-refractivity contribution >= 4 is 15.7 Å². The second-order valence-electron chi connectivity index (χ2n) is 4.35. The van der Waals surface area contributed by atoms with E-state index in [2.05, 4.69) is 4.72 Å². The standard InChI is InChI=1S/C12H17F3N2O3S/c13-12(14,15)5-2-6-17-21(18,19)8-7-20-11-4-1-3-10(16)9-11/h1,3-4,9,17H,2,5-8,16H2. The van der Waals surface area contributed by atoms with Gasteiger partial charge in [-0.1, -0.05) is 6.07 Å². The van der Waals surface area contributed by atoms with Crippen LogP contribution in [-0.2, 0) is 10.0 Å². The highest BCUT2D eigenvalue weighted by Crippen LogP contribution is 2.20. The first-order chi connectivity index (χ1) is 9.68.